The number of carbonyl (C=O) groups is 1. The van der Waals surface area contributed by atoms with Crippen molar-refractivity contribution < 1.29 is 19.4 Å². The Morgan fingerprint density at radius 1 is 1.03 bits per heavy atom. The van der Waals surface area contributed by atoms with E-state index in [-0.39, 0.29) is 5.56 Å². The maximum atomic E-state index is 11.0. The maximum absolute atomic E-state index is 11.0. The van der Waals surface area contributed by atoms with Crippen molar-refractivity contribution in [1.82, 2.24) is 0 Å². The van der Waals surface area contributed by atoms with Gasteiger partial charge in [0.2, 0.25) is 0 Å². The summed E-state index contributed by atoms with van der Waals surface area (Å²) < 4.78 is 11.3. The van der Waals surface area contributed by atoms with E-state index < -0.39 is 5.97 Å². The van der Waals surface area contributed by atoms with Crippen LogP contribution in [0.4, 0.5) is 5.69 Å². The van der Waals surface area contributed by atoms with E-state index in [1.807, 2.05) is 36.4 Å². The molecule has 0 saturated carbocycles. The van der Waals surface area contributed by atoms with Gasteiger partial charge < -0.3 is 14.6 Å². The van der Waals surface area contributed by atoms with Crippen LogP contribution < -0.4 is 14.9 Å². The monoisotopic (exact) mass is 390 g/mol. The second-order valence-electron chi connectivity index (χ2n) is 6.25. The lowest BCUT2D eigenvalue weighted by atomic mass is 10.2. The fraction of sp³-hybridized carbons (Fsp3) is 0.130. The predicted octanol–water partition coefficient (Wildman–Crippen LogP) is 4.46. The number of rotatable bonds is 9. The minimum Gasteiger partial charge on any atom is -0.493 e. The normalized spacial score (nSPS) is 10.7. The predicted molar refractivity (Wildman–Crippen MR) is 113 cm³/mol. The van der Waals surface area contributed by atoms with E-state index in [9.17, 15) is 4.79 Å². The van der Waals surface area contributed by atoms with Gasteiger partial charge in [-0.2, -0.15) is 5.10 Å². The molecule has 148 valence electrons. The number of carboxylic acids is 1. The van der Waals surface area contributed by atoms with Crippen LogP contribution in [-0.2, 0) is 6.42 Å². The molecule has 3 rings (SSSR count). The summed E-state index contributed by atoms with van der Waals surface area (Å²) in [6, 6.07) is 22.1. The Balaban J connectivity index is 1.60. The topological polar surface area (TPSA) is 80.2 Å². The number of anilines is 1. The van der Waals surface area contributed by atoms with E-state index in [1.54, 1.807) is 25.5 Å². The van der Waals surface area contributed by atoms with Crippen molar-refractivity contribution >= 4 is 17.9 Å². The van der Waals surface area contributed by atoms with Crippen LogP contribution in [0.2, 0.25) is 0 Å². The Bertz CT molecular complexity index is 987. The van der Waals surface area contributed by atoms with Gasteiger partial charge >= 0.3 is 5.97 Å². The number of aromatic carboxylic acids is 1. The minimum atomic E-state index is -0.981. The number of methoxy groups -OCH3 is 1. The Morgan fingerprint density at radius 2 is 1.86 bits per heavy atom. The molecule has 3 aromatic carbocycles. The summed E-state index contributed by atoms with van der Waals surface area (Å²) in [5, 5.41) is 13.2. The Morgan fingerprint density at radius 3 is 2.62 bits per heavy atom. The number of nitrogens with one attached hydrogen (secondary N) is 1. The quantitative estimate of drug-likeness (QED) is 0.416. The first-order chi connectivity index (χ1) is 14.2. The molecular formula is C23H22N2O4. The first-order valence-electron chi connectivity index (χ1n) is 9.13. The highest BCUT2D eigenvalue weighted by atomic mass is 16.5. The first-order valence-corrected chi connectivity index (χ1v) is 9.13. The summed E-state index contributed by atoms with van der Waals surface area (Å²) >= 11 is 0. The third-order valence-electron chi connectivity index (χ3n) is 4.20. The van der Waals surface area contributed by atoms with Crippen molar-refractivity contribution in [2.45, 2.75) is 6.42 Å². The fourth-order valence-electron chi connectivity index (χ4n) is 2.71. The molecule has 6 nitrogen and oxygen atoms in total. The smallest absolute Gasteiger partial charge is 0.335 e. The standard InChI is InChI=1S/C23H22N2O4/c1-28-22-14-18(16-24-25-20-9-5-8-19(15-20)23(26)27)10-11-21(22)29-13-12-17-6-3-2-4-7-17/h2-11,14-16,25H,12-13H2,1H3,(H,26,27). The van der Waals surface area contributed by atoms with E-state index in [0.717, 1.165) is 12.0 Å². The van der Waals surface area contributed by atoms with E-state index >= 15 is 0 Å². The second kappa shape index (κ2) is 9.94. The summed E-state index contributed by atoms with van der Waals surface area (Å²) in [4.78, 5) is 11.0. The highest BCUT2D eigenvalue weighted by molar-refractivity contribution is 5.89. The number of benzene rings is 3. The Labute approximate surface area is 169 Å². The molecule has 0 aliphatic heterocycles. The van der Waals surface area contributed by atoms with Gasteiger partial charge in [0.15, 0.2) is 11.5 Å². The van der Waals surface area contributed by atoms with E-state index in [4.69, 9.17) is 14.6 Å². The minimum absolute atomic E-state index is 0.198. The molecule has 0 radical (unpaired) electrons. The van der Waals surface area contributed by atoms with Crippen LogP contribution in [0.5, 0.6) is 11.5 Å². The second-order valence-corrected chi connectivity index (χ2v) is 6.25. The van der Waals surface area contributed by atoms with Gasteiger partial charge in [0.1, 0.15) is 0 Å². The van der Waals surface area contributed by atoms with Gasteiger partial charge in [-0.15, -0.1) is 0 Å². The average Bonchev–Trinajstić information content (AvgIpc) is 2.75. The van der Waals surface area contributed by atoms with E-state index in [0.29, 0.717) is 23.8 Å². The maximum Gasteiger partial charge on any atom is 0.335 e. The van der Waals surface area contributed by atoms with Gasteiger partial charge in [-0.1, -0.05) is 36.4 Å². The summed E-state index contributed by atoms with van der Waals surface area (Å²) in [6.07, 6.45) is 2.44. The zero-order chi connectivity index (χ0) is 20.5. The lowest BCUT2D eigenvalue weighted by molar-refractivity contribution is 0.0697. The van der Waals surface area contributed by atoms with E-state index in [1.165, 1.54) is 17.7 Å². The molecule has 0 saturated heterocycles. The van der Waals surface area contributed by atoms with Crippen molar-refractivity contribution in [3.63, 3.8) is 0 Å². The number of ether oxygens (including phenoxy) is 2. The molecule has 29 heavy (non-hydrogen) atoms. The molecule has 0 heterocycles. The number of carboxylic acid groups (broad SMARTS) is 1. The molecule has 3 aromatic rings. The van der Waals surface area contributed by atoms with Gasteiger partial charge in [0.25, 0.3) is 0 Å². The molecule has 0 spiro atoms. The van der Waals surface area contributed by atoms with Crippen molar-refractivity contribution in [3.05, 3.63) is 89.5 Å². The number of hydrogen-bond donors (Lipinski definition) is 2. The molecular weight excluding hydrogens is 368 g/mol. The zero-order valence-corrected chi connectivity index (χ0v) is 16.0. The molecule has 0 aliphatic carbocycles. The third kappa shape index (κ3) is 5.84. The first kappa shape index (κ1) is 19.9. The molecule has 2 N–H and O–H groups in total. The Hall–Kier alpha value is -3.80. The van der Waals surface area contributed by atoms with Crippen molar-refractivity contribution in [1.29, 1.82) is 0 Å². The molecule has 0 unspecified atom stereocenters. The van der Waals surface area contributed by atoms with Gasteiger partial charge in [-0.25, -0.2) is 4.79 Å². The van der Waals surface area contributed by atoms with Crippen molar-refractivity contribution in [3.8, 4) is 11.5 Å². The summed E-state index contributed by atoms with van der Waals surface area (Å²) in [7, 11) is 1.59. The number of nitrogens with zero attached hydrogens (tertiary/aromatic N) is 1. The van der Waals surface area contributed by atoms with Crippen LogP contribution in [0.1, 0.15) is 21.5 Å². The average molecular weight is 390 g/mol. The lowest BCUT2D eigenvalue weighted by Gasteiger charge is -2.11. The highest BCUT2D eigenvalue weighted by Crippen LogP contribution is 2.27. The van der Waals surface area contributed by atoms with Gasteiger partial charge in [-0.05, 0) is 47.5 Å². The molecule has 0 atom stereocenters. The van der Waals surface area contributed by atoms with Crippen molar-refractivity contribution in [2.24, 2.45) is 5.10 Å². The highest BCUT2D eigenvalue weighted by Gasteiger charge is 2.06. The molecule has 0 aliphatic rings. The van der Waals surface area contributed by atoms with Gasteiger partial charge in [0.05, 0.1) is 31.2 Å². The third-order valence-corrected chi connectivity index (χ3v) is 4.20. The lowest BCUT2D eigenvalue weighted by Crippen LogP contribution is -2.03. The SMILES string of the molecule is COc1cc(C=NNc2cccc(C(=O)O)c2)ccc1OCCc1ccccc1. The van der Waals surface area contributed by atoms with Gasteiger partial charge in [-0.3, -0.25) is 5.43 Å². The fourth-order valence-corrected chi connectivity index (χ4v) is 2.71. The summed E-state index contributed by atoms with van der Waals surface area (Å²) in [5.41, 5.74) is 5.65. The van der Waals surface area contributed by atoms with Crippen LogP contribution in [-0.4, -0.2) is 31.0 Å². The molecule has 0 bridgehead atoms. The van der Waals surface area contributed by atoms with Crippen LogP contribution in [0.15, 0.2) is 77.9 Å². The van der Waals surface area contributed by atoms with Gasteiger partial charge in [0, 0.05) is 6.42 Å². The molecule has 6 heteroatoms. The summed E-state index contributed by atoms with van der Waals surface area (Å²) in [6.45, 7) is 0.551. The molecule has 0 amide bonds. The number of hydrazone groups is 1. The number of hydrogen-bond acceptors (Lipinski definition) is 5. The largest absolute Gasteiger partial charge is 0.493 e. The van der Waals surface area contributed by atoms with Crippen molar-refractivity contribution in [2.75, 3.05) is 19.1 Å². The van der Waals surface area contributed by atoms with Crippen LogP contribution in [0, 0.1) is 0 Å². The van der Waals surface area contributed by atoms with Crippen LogP contribution in [0.25, 0.3) is 0 Å². The molecule has 0 aromatic heterocycles. The van der Waals surface area contributed by atoms with E-state index in [2.05, 4.69) is 22.7 Å². The molecule has 0 fully saturated rings. The Kier molecular flexibility index (Phi) is 6.84. The van der Waals surface area contributed by atoms with Crippen LogP contribution >= 0.6 is 0 Å². The van der Waals surface area contributed by atoms with Crippen LogP contribution in [0.3, 0.4) is 0 Å². The summed E-state index contributed by atoms with van der Waals surface area (Å²) in [5.74, 6) is 0.308. The zero-order valence-electron chi connectivity index (χ0n) is 16.0.